The predicted octanol–water partition coefficient (Wildman–Crippen LogP) is 2.27. The number of aryl methyl sites for hydroxylation is 1. The van der Waals surface area contributed by atoms with Crippen molar-refractivity contribution < 1.29 is 8.78 Å². The second-order valence-electron chi connectivity index (χ2n) is 3.64. The first kappa shape index (κ1) is 9.89. The van der Waals surface area contributed by atoms with Crippen molar-refractivity contribution in [2.75, 3.05) is 5.73 Å². The summed E-state index contributed by atoms with van der Waals surface area (Å²) in [6, 6.07) is 4.81. The second kappa shape index (κ2) is 2.92. The highest BCUT2D eigenvalue weighted by Crippen LogP contribution is 2.32. The summed E-state index contributed by atoms with van der Waals surface area (Å²) in [7, 11) is 1.62. The van der Waals surface area contributed by atoms with Crippen molar-refractivity contribution >= 4 is 16.6 Å². The smallest absolute Gasteiger partial charge is 0.289 e. The minimum Gasteiger partial charge on any atom is -0.399 e. The highest BCUT2D eigenvalue weighted by Gasteiger charge is 2.30. The summed E-state index contributed by atoms with van der Waals surface area (Å²) in [4.78, 5) is 0. The Hall–Kier alpha value is -1.65. The van der Waals surface area contributed by atoms with Gasteiger partial charge in [-0.05, 0) is 18.2 Å². The van der Waals surface area contributed by atoms with Crippen molar-refractivity contribution in [1.82, 2.24) is 9.78 Å². The van der Waals surface area contributed by atoms with Crippen LogP contribution in [0.15, 0.2) is 18.2 Å². The molecule has 0 spiro atoms. The minimum atomic E-state index is -2.93. The molecule has 0 amide bonds. The maximum Gasteiger partial charge on any atom is 0.289 e. The molecule has 1 aromatic carbocycles. The van der Waals surface area contributed by atoms with Crippen LogP contribution in [0, 0.1) is 0 Å². The molecule has 2 rings (SSSR count). The van der Waals surface area contributed by atoms with Crippen LogP contribution in [-0.4, -0.2) is 9.78 Å². The van der Waals surface area contributed by atoms with Gasteiger partial charge in [-0.2, -0.15) is 13.9 Å². The van der Waals surface area contributed by atoms with E-state index in [1.54, 1.807) is 25.2 Å². The molecule has 0 aliphatic rings. The SMILES string of the molecule is Cn1nc(C(C)(F)F)c2ccc(N)cc21. The maximum absolute atomic E-state index is 13.2. The number of anilines is 1. The summed E-state index contributed by atoms with van der Waals surface area (Å²) in [5.41, 5.74) is 6.53. The molecule has 1 heterocycles. The van der Waals surface area contributed by atoms with Gasteiger partial charge >= 0.3 is 0 Å². The van der Waals surface area contributed by atoms with E-state index >= 15 is 0 Å². The summed E-state index contributed by atoms with van der Waals surface area (Å²) in [6.07, 6.45) is 0. The van der Waals surface area contributed by atoms with E-state index in [0.717, 1.165) is 6.92 Å². The van der Waals surface area contributed by atoms with Crippen molar-refractivity contribution in [2.45, 2.75) is 12.8 Å². The molecule has 0 bridgehead atoms. The first-order valence-electron chi connectivity index (χ1n) is 4.50. The summed E-state index contributed by atoms with van der Waals surface area (Å²) in [6.45, 7) is 0.838. The van der Waals surface area contributed by atoms with Crippen molar-refractivity contribution in [3.8, 4) is 0 Å². The lowest BCUT2D eigenvalue weighted by Gasteiger charge is -2.06. The van der Waals surface area contributed by atoms with Gasteiger partial charge in [-0.3, -0.25) is 4.68 Å². The summed E-state index contributed by atoms with van der Waals surface area (Å²) in [5, 5.41) is 4.26. The molecule has 0 atom stereocenters. The molecule has 3 nitrogen and oxygen atoms in total. The highest BCUT2D eigenvalue weighted by atomic mass is 19.3. The number of hydrogen-bond acceptors (Lipinski definition) is 2. The zero-order valence-corrected chi connectivity index (χ0v) is 8.46. The second-order valence-corrected chi connectivity index (χ2v) is 3.64. The van der Waals surface area contributed by atoms with Gasteiger partial charge in [0.15, 0.2) is 0 Å². The predicted molar refractivity (Wildman–Crippen MR) is 54.7 cm³/mol. The Morgan fingerprint density at radius 2 is 2.07 bits per heavy atom. The Morgan fingerprint density at radius 3 is 2.67 bits per heavy atom. The van der Waals surface area contributed by atoms with Crippen molar-refractivity contribution in [3.05, 3.63) is 23.9 Å². The van der Waals surface area contributed by atoms with Gasteiger partial charge in [-0.25, -0.2) is 0 Å². The number of hydrogen-bond donors (Lipinski definition) is 1. The molecule has 2 aromatic rings. The minimum absolute atomic E-state index is 0.208. The number of nitrogen functional groups attached to an aromatic ring is 1. The average Bonchev–Trinajstić information content (AvgIpc) is 2.43. The number of alkyl halides is 2. The van der Waals surface area contributed by atoms with E-state index in [9.17, 15) is 8.78 Å². The summed E-state index contributed by atoms with van der Waals surface area (Å²) >= 11 is 0. The van der Waals surface area contributed by atoms with Crippen LogP contribution < -0.4 is 5.73 Å². The molecule has 5 heteroatoms. The Labute approximate surface area is 85.5 Å². The topological polar surface area (TPSA) is 43.8 Å². The van der Waals surface area contributed by atoms with Gasteiger partial charge in [-0.15, -0.1) is 0 Å². The maximum atomic E-state index is 13.2. The van der Waals surface area contributed by atoms with Gasteiger partial charge in [0.05, 0.1) is 5.52 Å². The lowest BCUT2D eigenvalue weighted by Crippen LogP contribution is -2.08. The Morgan fingerprint density at radius 1 is 1.40 bits per heavy atom. The number of fused-ring (bicyclic) bond motifs is 1. The van der Waals surface area contributed by atoms with Crippen molar-refractivity contribution in [3.63, 3.8) is 0 Å². The molecule has 80 valence electrons. The van der Waals surface area contributed by atoms with Gasteiger partial charge < -0.3 is 5.73 Å². The average molecular weight is 211 g/mol. The summed E-state index contributed by atoms with van der Waals surface area (Å²) in [5.74, 6) is -2.93. The van der Waals surface area contributed by atoms with Gasteiger partial charge in [0.25, 0.3) is 5.92 Å². The molecule has 0 aliphatic heterocycles. The lowest BCUT2D eigenvalue weighted by molar-refractivity contribution is 0.0137. The molecule has 15 heavy (non-hydrogen) atoms. The molecule has 0 saturated carbocycles. The molecule has 1 aromatic heterocycles. The van der Waals surface area contributed by atoms with Crippen LogP contribution in [-0.2, 0) is 13.0 Å². The summed E-state index contributed by atoms with van der Waals surface area (Å²) < 4.78 is 27.8. The van der Waals surface area contributed by atoms with Crippen LogP contribution in [0.4, 0.5) is 14.5 Å². The van der Waals surface area contributed by atoms with Gasteiger partial charge in [0, 0.05) is 25.0 Å². The van der Waals surface area contributed by atoms with Crippen LogP contribution in [0.25, 0.3) is 10.9 Å². The van der Waals surface area contributed by atoms with E-state index in [1.807, 2.05) is 0 Å². The van der Waals surface area contributed by atoms with Crippen LogP contribution in [0.1, 0.15) is 12.6 Å². The third-order valence-electron chi connectivity index (χ3n) is 2.29. The quantitative estimate of drug-likeness (QED) is 0.735. The normalized spacial score (nSPS) is 12.3. The molecule has 0 radical (unpaired) electrons. The Kier molecular flexibility index (Phi) is 1.92. The molecule has 0 unspecified atom stereocenters. The fourth-order valence-electron chi connectivity index (χ4n) is 1.60. The van der Waals surface area contributed by atoms with E-state index in [1.165, 1.54) is 4.68 Å². The van der Waals surface area contributed by atoms with Gasteiger partial charge in [0.2, 0.25) is 0 Å². The van der Waals surface area contributed by atoms with Crippen LogP contribution in [0.5, 0.6) is 0 Å². The number of nitrogens with two attached hydrogens (primary N) is 1. The van der Waals surface area contributed by atoms with E-state index in [2.05, 4.69) is 5.10 Å². The largest absolute Gasteiger partial charge is 0.399 e. The third-order valence-corrected chi connectivity index (χ3v) is 2.29. The van der Waals surface area contributed by atoms with Crippen LogP contribution >= 0.6 is 0 Å². The molecule has 0 aliphatic carbocycles. The van der Waals surface area contributed by atoms with Crippen LogP contribution in [0.2, 0.25) is 0 Å². The molecular formula is C10H11F2N3. The fraction of sp³-hybridized carbons (Fsp3) is 0.300. The number of nitrogens with zero attached hydrogens (tertiary/aromatic N) is 2. The monoisotopic (exact) mass is 211 g/mol. The first-order valence-corrected chi connectivity index (χ1v) is 4.50. The number of rotatable bonds is 1. The Balaban J connectivity index is 2.79. The van der Waals surface area contributed by atoms with Gasteiger partial charge in [-0.1, -0.05) is 0 Å². The number of benzene rings is 1. The van der Waals surface area contributed by atoms with Crippen molar-refractivity contribution in [1.29, 1.82) is 0 Å². The van der Waals surface area contributed by atoms with E-state index in [-0.39, 0.29) is 5.69 Å². The molecule has 2 N–H and O–H groups in total. The third kappa shape index (κ3) is 1.54. The number of aromatic nitrogens is 2. The van der Waals surface area contributed by atoms with Gasteiger partial charge in [0.1, 0.15) is 5.69 Å². The lowest BCUT2D eigenvalue weighted by atomic mass is 10.1. The van der Waals surface area contributed by atoms with E-state index in [4.69, 9.17) is 5.73 Å². The molecule has 0 saturated heterocycles. The zero-order chi connectivity index (χ0) is 11.2. The number of halogens is 2. The van der Waals surface area contributed by atoms with E-state index in [0.29, 0.717) is 16.6 Å². The van der Waals surface area contributed by atoms with E-state index < -0.39 is 5.92 Å². The zero-order valence-electron chi connectivity index (χ0n) is 8.46. The first-order chi connectivity index (χ1) is 6.89. The fourth-order valence-corrected chi connectivity index (χ4v) is 1.60. The molecule has 0 fully saturated rings. The standard InChI is InChI=1S/C10H11F2N3/c1-10(11,12)9-7-4-3-6(13)5-8(7)15(2)14-9/h3-5H,13H2,1-2H3. The molecular weight excluding hydrogens is 200 g/mol. The highest BCUT2D eigenvalue weighted by molar-refractivity contribution is 5.85. The Bertz CT molecular complexity index is 511. The van der Waals surface area contributed by atoms with Crippen LogP contribution in [0.3, 0.4) is 0 Å². The van der Waals surface area contributed by atoms with Crippen molar-refractivity contribution in [2.24, 2.45) is 7.05 Å².